The quantitative estimate of drug-likeness (QED) is 0.824. The van der Waals surface area contributed by atoms with Gasteiger partial charge in [-0.1, -0.05) is 0 Å². The molecular formula is C19H20FN3O3S. The van der Waals surface area contributed by atoms with Crippen LogP contribution in [0.25, 0.3) is 0 Å². The summed E-state index contributed by atoms with van der Waals surface area (Å²) in [5.41, 5.74) is 1.11. The Balaban J connectivity index is 1.39. The van der Waals surface area contributed by atoms with Crippen molar-refractivity contribution in [1.29, 1.82) is 0 Å². The van der Waals surface area contributed by atoms with E-state index in [0.29, 0.717) is 17.2 Å². The third-order valence-electron chi connectivity index (χ3n) is 4.89. The van der Waals surface area contributed by atoms with E-state index in [-0.39, 0.29) is 23.8 Å². The lowest BCUT2D eigenvalue weighted by Gasteiger charge is -2.14. The van der Waals surface area contributed by atoms with Crippen molar-refractivity contribution in [2.75, 3.05) is 18.5 Å². The lowest BCUT2D eigenvalue weighted by Crippen LogP contribution is -2.34. The maximum atomic E-state index is 13.0. The van der Waals surface area contributed by atoms with E-state index in [1.54, 1.807) is 0 Å². The third kappa shape index (κ3) is 4.01. The molecule has 1 aromatic heterocycles. The largest absolute Gasteiger partial charge is 0.376 e. The highest BCUT2D eigenvalue weighted by Gasteiger charge is 2.33. The summed E-state index contributed by atoms with van der Waals surface area (Å²) in [5, 5.41) is 6.17. The van der Waals surface area contributed by atoms with Crippen molar-refractivity contribution in [3.63, 3.8) is 0 Å². The van der Waals surface area contributed by atoms with Crippen molar-refractivity contribution in [1.82, 2.24) is 10.3 Å². The zero-order valence-corrected chi connectivity index (χ0v) is 15.5. The van der Waals surface area contributed by atoms with Crippen LogP contribution in [0.1, 0.15) is 46.1 Å². The first-order valence-electron chi connectivity index (χ1n) is 9.06. The Kier molecular flexibility index (Phi) is 5.18. The van der Waals surface area contributed by atoms with Crippen molar-refractivity contribution in [3.8, 4) is 0 Å². The monoisotopic (exact) mass is 389 g/mol. The highest BCUT2D eigenvalue weighted by molar-refractivity contribution is 7.16. The average Bonchev–Trinajstić information content (AvgIpc) is 3.37. The molecule has 2 unspecified atom stereocenters. The van der Waals surface area contributed by atoms with E-state index in [4.69, 9.17) is 4.74 Å². The molecule has 1 aliphatic carbocycles. The molecule has 0 bridgehead atoms. The van der Waals surface area contributed by atoms with Crippen LogP contribution in [0.3, 0.4) is 0 Å². The predicted molar refractivity (Wildman–Crippen MR) is 99.5 cm³/mol. The fraction of sp³-hybridized carbons (Fsp3) is 0.421. The second-order valence-electron chi connectivity index (χ2n) is 6.76. The molecule has 0 radical (unpaired) electrons. The topological polar surface area (TPSA) is 80.3 Å². The molecule has 1 aliphatic heterocycles. The van der Waals surface area contributed by atoms with Gasteiger partial charge in [0.15, 0.2) is 5.13 Å². The van der Waals surface area contributed by atoms with Crippen molar-refractivity contribution in [2.45, 2.75) is 37.7 Å². The predicted octanol–water partition coefficient (Wildman–Crippen LogP) is 2.86. The molecule has 0 spiro atoms. The molecule has 27 heavy (non-hydrogen) atoms. The summed E-state index contributed by atoms with van der Waals surface area (Å²) in [6.07, 6.45) is 3.63. The Morgan fingerprint density at radius 2 is 2.07 bits per heavy atom. The van der Waals surface area contributed by atoms with E-state index in [1.807, 2.05) is 0 Å². The van der Waals surface area contributed by atoms with E-state index in [0.717, 1.165) is 42.9 Å². The second kappa shape index (κ2) is 7.74. The van der Waals surface area contributed by atoms with Gasteiger partial charge >= 0.3 is 0 Å². The number of amides is 2. The van der Waals surface area contributed by atoms with Crippen LogP contribution in [0.2, 0.25) is 0 Å². The smallest absolute Gasteiger partial charge is 0.257 e. The molecule has 1 aromatic carbocycles. The molecule has 2 N–H and O–H groups in total. The first kappa shape index (κ1) is 18.1. The van der Waals surface area contributed by atoms with Gasteiger partial charge in [-0.3, -0.25) is 14.9 Å². The van der Waals surface area contributed by atoms with Gasteiger partial charge in [-0.05, 0) is 49.9 Å². The number of fused-ring (bicyclic) bond motifs is 1. The SMILES string of the molecule is O=C(Nc1nc2c(s1)CCC2C(=O)NCC1CCCO1)c1ccc(F)cc1. The van der Waals surface area contributed by atoms with Crippen LogP contribution in [0.15, 0.2) is 24.3 Å². The molecule has 1 fully saturated rings. The number of aromatic nitrogens is 1. The summed E-state index contributed by atoms with van der Waals surface area (Å²) in [6.45, 7) is 1.29. The Labute approximate surface area is 160 Å². The van der Waals surface area contributed by atoms with E-state index in [2.05, 4.69) is 15.6 Å². The van der Waals surface area contributed by atoms with Crippen LogP contribution in [0, 0.1) is 5.82 Å². The standard InChI is InChI=1S/C19H20FN3O3S/c20-12-5-3-11(4-6-12)17(24)23-19-22-16-14(7-8-15(16)27-19)18(25)21-10-13-2-1-9-26-13/h3-6,13-14H,1-2,7-10H2,(H,21,25)(H,22,23,24). The Morgan fingerprint density at radius 3 is 2.81 bits per heavy atom. The highest BCUT2D eigenvalue weighted by atomic mass is 32.1. The second-order valence-corrected chi connectivity index (χ2v) is 7.84. The number of thiazole rings is 1. The maximum absolute atomic E-state index is 13.0. The van der Waals surface area contributed by atoms with Crippen molar-refractivity contribution in [3.05, 3.63) is 46.2 Å². The Morgan fingerprint density at radius 1 is 1.26 bits per heavy atom. The van der Waals surface area contributed by atoms with Gasteiger partial charge in [-0.25, -0.2) is 9.37 Å². The number of nitrogens with zero attached hydrogens (tertiary/aromatic N) is 1. The van der Waals surface area contributed by atoms with Gasteiger partial charge < -0.3 is 10.1 Å². The molecule has 2 amide bonds. The van der Waals surface area contributed by atoms with Crippen LogP contribution < -0.4 is 10.6 Å². The first-order valence-corrected chi connectivity index (χ1v) is 9.87. The summed E-state index contributed by atoms with van der Waals surface area (Å²) in [6, 6.07) is 5.33. The number of halogens is 1. The van der Waals surface area contributed by atoms with Crippen molar-refractivity contribution < 1.29 is 18.7 Å². The molecular weight excluding hydrogens is 369 g/mol. The summed E-state index contributed by atoms with van der Waals surface area (Å²) in [5.74, 6) is -1.06. The Bertz CT molecular complexity index is 846. The number of hydrogen-bond donors (Lipinski definition) is 2. The minimum Gasteiger partial charge on any atom is -0.376 e. The summed E-state index contributed by atoms with van der Waals surface area (Å²) in [4.78, 5) is 30.3. The molecule has 142 valence electrons. The lowest BCUT2D eigenvalue weighted by molar-refractivity contribution is -0.123. The number of hydrogen-bond acceptors (Lipinski definition) is 5. The number of benzene rings is 1. The van der Waals surface area contributed by atoms with Crippen LogP contribution in [-0.2, 0) is 16.0 Å². The highest BCUT2D eigenvalue weighted by Crippen LogP contribution is 2.38. The van der Waals surface area contributed by atoms with Gasteiger partial charge in [0.2, 0.25) is 5.91 Å². The molecule has 2 atom stereocenters. The molecule has 2 aromatic rings. The molecule has 8 heteroatoms. The zero-order chi connectivity index (χ0) is 18.8. The van der Waals surface area contributed by atoms with Crippen LogP contribution in [0.4, 0.5) is 9.52 Å². The summed E-state index contributed by atoms with van der Waals surface area (Å²) >= 11 is 1.39. The van der Waals surface area contributed by atoms with Gasteiger partial charge in [0.25, 0.3) is 5.91 Å². The molecule has 4 rings (SSSR count). The lowest BCUT2D eigenvalue weighted by atomic mass is 10.1. The number of ether oxygens (including phenoxy) is 1. The molecule has 2 aliphatic rings. The minimum atomic E-state index is -0.392. The van der Waals surface area contributed by atoms with Gasteiger partial charge in [0.1, 0.15) is 5.82 Å². The molecule has 0 saturated carbocycles. The van der Waals surface area contributed by atoms with Crippen LogP contribution in [0.5, 0.6) is 0 Å². The van der Waals surface area contributed by atoms with Gasteiger partial charge in [-0.15, -0.1) is 11.3 Å². The number of anilines is 1. The minimum absolute atomic E-state index is 0.0361. The molecule has 1 saturated heterocycles. The van der Waals surface area contributed by atoms with Gasteiger partial charge in [0.05, 0.1) is 17.7 Å². The summed E-state index contributed by atoms with van der Waals surface area (Å²) in [7, 11) is 0. The maximum Gasteiger partial charge on any atom is 0.257 e. The van der Waals surface area contributed by atoms with Crippen LogP contribution >= 0.6 is 11.3 Å². The van der Waals surface area contributed by atoms with Gasteiger partial charge in [-0.2, -0.15) is 0 Å². The van der Waals surface area contributed by atoms with E-state index in [1.165, 1.54) is 35.6 Å². The van der Waals surface area contributed by atoms with E-state index < -0.39 is 5.82 Å². The number of carbonyl (C=O) groups excluding carboxylic acids is 2. The molecule has 6 nitrogen and oxygen atoms in total. The Hall–Kier alpha value is -2.32. The number of nitrogens with one attached hydrogen (secondary N) is 2. The van der Waals surface area contributed by atoms with Crippen molar-refractivity contribution >= 4 is 28.3 Å². The number of aryl methyl sites for hydroxylation is 1. The zero-order valence-electron chi connectivity index (χ0n) is 14.7. The normalized spacial score (nSPS) is 21.1. The fourth-order valence-corrected chi connectivity index (χ4v) is 4.48. The summed E-state index contributed by atoms with van der Waals surface area (Å²) < 4.78 is 18.5. The first-order chi connectivity index (χ1) is 13.1. The van der Waals surface area contributed by atoms with E-state index in [9.17, 15) is 14.0 Å². The van der Waals surface area contributed by atoms with E-state index >= 15 is 0 Å². The third-order valence-corrected chi connectivity index (χ3v) is 5.94. The molecule has 2 heterocycles. The number of carbonyl (C=O) groups is 2. The van der Waals surface area contributed by atoms with Gasteiger partial charge in [0, 0.05) is 23.6 Å². The van der Waals surface area contributed by atoms with Crippen LogP contribution in [-0.4, -0.2) is 36.1 Å². The number of rotatable bonds is 5. The fourth-order valence-electron chi connectivity index (χ4n) is 3.45. The average molecular weight is 389 g/mol. The van der Waals surface area contributed by atoms with Crippen molar-refractivity contribution in [2.24, 2.45) is 0 Å².